The number of para-hydroxylation sites is 2. The molecule has 1 fully saturated rings. The highest BCUT2D eigenvalue weighted by molar-refractivity contribution is 5.96. The van der Waals surface area contributed by atoms with E-state index in [1.54, 1.807) is 4.90 Å². The zero-order valence-electron chi connectivity index (χ0n) is 17.0. The average Bonchev–Trinajstić information content (AvgIpc) is 3.23. The van der Waals surface area contributed by atoms with Crippen LogP contribution in [0.2, 0.25) is 0 Å². The molecule has 1 aliphatic heterocycles. The lowest BCUT2D eigenvalue weighted by Gasteiger charge is -2.17. The van der Waals surface area contributed by atoms with Gasteiger partial charge >= 0.3 is 5.97 Å². The third-order valence-electron chi connectivity index (χ3n) is 5.17. The van der Waals surface area contributed by atoms with Crippen LogP contribution in [0.3, 0.4) is 0 Å². The minimum Gasteiger partial charge on any atom is -0.462 e. The van der Waals surface area contributed by atoms with E-state index in [1.807, 2.05) is 73.9 Å². The largest absolute Gasteiger partial charge is 0.462 e. The van der Waals surface area contributed by atoms with Crippen LogP contribution in [0, 0.1) is 6.92 Å². The second-order valence-corrected chi connectivity index (χ2v) is 7.82. The van der Waals surface area contributed by atoms with E-state index in [-0.39, 0.29) is 30.4 Å². The summed E-state index contributed by atoms with van der Waals surface area (Å²) in [6.45, 7) is 6.32. The Balaban J connectivity index is 1.66. The van der Waals surface area contributed by atoms with Crippen molar-refractivity contribution >= 4 is 28.6 Å². The van der Waals surface area contributed by atoms with Gasteiger partial charge in [0.2, 0.25) is 5.91 Å². The minimum atomic E-state index is -0.302. The molecule has 4 rings (SSSR count). The zero-order chi connectivity index (χ0) is 20.5. The first-order valence-electron chi connectivity index (χ1n) is 9.94. The summed E-state index contributed by atoms with van der Waals surface area (Å²) in [6.07, 6.45) is 0.196. The number of nitrogens with zero attached hydrogens (tertiary/aromatic N) is 3. The number of benzene rings is 2. The maximum atomic E-state index is 12.7. The van der Waals surface area contributed by atoms with Crippen LogP contribution in [0.5, 0.6) is 0 Å². The van der Waals surface area contributed by atoms with Crippen LogP contribution in [-0.4, -0.2) is 34.1 Å². The van der Waals surface area contributed by atoms with Gasteiger partial charge in [0.25, 0.3) is 0 Å². The molecular weight excluding hydrogens is 366 g/mol. The molecule has 0 radical (unpaired) electrons. The molecule has 0 spiro atoms. The smallest absolute Gasteiger partial charge is 0.326 e. The molecule has 2 heterocycles. The molecule has 150 valence electrons. The predicted octanol–water partition coefficient (Wildman–Crippen LogP) is 3.82. The Kier molecular flexibility index (Phi) is 5.09. The second kappa shape index (κ2) is 7.70. The molecule has 1 aliphatic rings. The van der Waals surface area contributed by atoms with Crippen LogP contribution in [0.1, 0.15) is 37.6 Å². The van der Waals surface area contributed by atoms with Crippen molar-refractivity contribution in [2.45, 2.75) is 45.8 Å². The molecule has 3 aromatic rings. The molecule has 6 nitrogen and oxygen atoms in total. The van der Waals surface area contributed by atoms with Gasteiger partial charge in [0.1, 0.15) is 12.4 Å². The SMILES string of the molecule is Cc1ccc(N2C[C@@H](c3nc4ccccc4n3CC(=O)OC(C)C)CC2=O)cc1. The summed E-state index contributed by atoms with van der Waals surface area (Å²) in [6, 6.07) is 15.7. The Morgan fingerprint density at radius 1 is 1.17 bits per heavy atom. The molecule has 1 saturated heterocycles. The van der Waals surface area contributed by atoms with Crippen molar-refractivity contribution in [3.63, 3.8) is 0 Å². The molecule has 1 atom stereocenters. The van der Waals surface area contributed by atoms with Crippen molar-refractivity contribution in [3.05, 3.63) is 59.9 Å². The number of ether oxygens (including phenoxy) is 1. The number of rotatable bonds is 5. The number of fused-ring (bicyclic) bond motifs is 1. The summed E-state index contributed by atoms with van der Waals surface area (Å²) in [4.78, 5) is 31.7. The number of hydrogen-bond donors (Lipinski definition) is 0. The zero-order valence-corrected chi connectivity index (χ0v) is 17.0. The average molecular weight is 391 g/mol. The lowest BCUT2D eigenvalue weighted by atomic mass is 10.1. The first-order valence-corrected chi connectivity index (χ1v) is 9.94. The van der Waals surface area contributed by atoms with Gasteiger partial charge in [-0.15, -0.1) is 0 Å². The number of carbonyl (C=O) groups excluding carboxylic acids is 2. The second-order valence-electron chi connectivity index (χ2n) is 7.82. The number of aromatic nitrogens is 2. The van der Waals surface area contributed by atoms with Gasteiger partial charge in [-0.05, 0) is 45.0 Å². The molecule has 29 heavy (non-hydrogen) atoms. The maximum Gasteiger partial charge on any atom is 0.326 e. The van der Waals surface area contributed by atoms with Crippen LogP contribution in [0.4, 0.5) is 5.69 Å². The van der Waals surface area contributed by atoms with Gasteiger partial charge in [-0.3, -0.25) is 9.59 Å². The van der Waals surface area contributed by atoms with E-state index >= 15 is 0 Å². The predicted molar refractivity (Wildman–Crippen MR) is 112 cm³/mol. The van der Waals surface area contributed by atoms with Gasteiger partial charge in [-0.1, -0.05) is 29.8 Å². The normalized spacial score (nSPS) is 16.8. The van der Waals surface area contributed by atoms with Gasteiger partial charge in [0.15, 0.2) is 0 Å². The number of amides is 1. The van der Waals surface area contributed by atoms with Gasteiger partial charge < -0.3 is 14.2 Å². The van der Waals surface area contributed by atoms with Crippen LogP contribution >= 0.6 is 0 Å². The van der Waals surface area contributed by atoms with Crippen LogP contribution < -0.4 is 4.90 Å². The van der Waals surface area contributed by atoms with Gasteiger partial charge in [-0.25, -0.2) is 4.98 Å². The third kappa shape index (κ3) is 3.88. The summed E-state index contributed by atoms with van der Waals surface area (Å²) in [5, 5.41) is 0. The fraction of sp³-hybridized carbons (Fsp3) is 0.348. The molecule has 2 aromatic carbocycles. The van der Waals surface area contributed by atoms with Crippen molar-refractivity contribution < 1.29 is 14.3 Å². The maximum absolute atomic E-state index is 12.7. The highest BCUT2D eigenvalue weighted by atomic mass is 16.5. The van der Waals surface area contributed by atoms with Crippen molar-refractivity contribution in [2.24, 2.45) is 0 Å². The van der Waals surface area contributed by atoms with Crippen LogP contribution in [-0.2, 0) is 20.9 Å². The van der Waals surface area contributed by atoms with Gasteiger partial charge in [0.05, 0.1) is 17.1 Å². The highest BCUT2D eigenvalue weighted by Gasteiger charge is 2.35. The fourth-order valence-electron chi connectivity index (χ4n) is 3.86. The van der Waals surface area contributed by atoms with Crippen molar-refractivity contribution in [3.8, 4) is 0 Å². The number of imidazole rings is 1. The summed E-state index contributed by atoms with van der Waals surface area (Å²) in [7, 11) is 0. The Hall–Kier alpha value is -3.15. The first kappa shape index (κ1) is 19.2. The van der Waals surface area contributed by atoms with Crippen LogP contribution in [0.15, 0.2) is 48.5 Å². The summed E-state index contributed by atoms with van der Waals surface area (Å²) >= 11 is 0. The summed E-state index contributed by atoms with van der Waals surface area (Å²) in [5.41, 5.74) is 3.75. The van der Waals surface area contributed by atoms with Gasteiger partial charge in [0, 0.05) is 24.6 Å². The topological polar surface area (TPSA) is 64.4 Å². The number of hydrogen-bond acceptors (Lipinski definition) is 4. The Morgan fingerprint density at radius 2 is 1.90 bits per heavy atom. The van der Waals surface area contributed by atoms with Crippen molar-refractivity contribution in [1.29, 1.82) is 0 Å². The van der Waals surface area contributed by atoms with E-state index in [2.05, 4.69) is 0 Å². The van der Waals surface area contributed by atoms with E-state index in [0.717, 1.165) is 28.1 Å². The molecule has 0 N–H and O–H groups in total. The molecule has 0 bridgehead atoms. The van der Waals surface area contributed by atoms with E-state index in [4.69, 9.17) is 9.72 Å². The monoisotopic (exact) mass is 391 g/mol. The summed E-state index contributed by atoms with van der Waals surface area (Å²) < 4.78 is 7.25. The summed E-state index contributed by atoms with van der Waals surface area (Å²) in [5.74, 6) is 0.448. The quantitative estimate of drug-likeness (QED) is 0.620. The molecular formula is C23H25N3O3. The first-order chi connectivity index (χ1) is 13.9. The Labute approximate surface area is 170 Å². The Morgan fingerprint density at radius 3 is 2.62 bits per heavy atom. The lowest BCUT2D eigenvalue weighted by molar-refractivity contribution is -0.148. The standard InChI is InChI=1S/C23H25N3O3/c1-15(2)29-22(28)14-26-20-7-5-4-6-19(20)24-23(26)17-12-21(27)25(13-17)18-10-8-16(3)9-11-18/h4-11,15,17H,12-14H2,1-3H3/t17-/m0/s1. The molecule has 0 aliphatic carbocycles. The Bertz CT molecular complexity index is 1050. The van der Waals surface area contributed by atoms with Crippen LogP contribution in [0.25, 0.3) is 11.0 Å². The minimum absolute atomic E-state index is 0.0715. The van der Waals surface area contributed by atoms with Crippen molar-refractivity contribution in [1.82, 2.24) is 9.55 Å². The van der Waals surface area contributed by atoms with Gasteiger partial charge in [-0.2, -0.15) is 0 Å². The van der Waals surface area contributed by atoms with Crippen molar-refractivity contribution in [2.75, 3.05) is 11.4 Å². The van der Waals surface area contributed by atoms with E-state index in [0.29, 0.717) is 13.0 Å². The number of esters is 1. The molecule has 1 aromatic heterocycles. The number of anilines is 1. The molecule has 0 unspecified atom stereocenters. The van der Waals surface area contributed by atoms with E-state index in [1.165, 1.54) is 0 Å². The molecule has 0 saturated carbocycles. The number of carbonyl (C=O) groups is 2. The third-order valence-corrected chi connectivity index (χ3v) is 5.17. The molecule has 6 heteroatoms. The molecule has 1 amide bonds. The lowest BCUT2D eigenvalue weighted by Crippen LogP contribution is -2.25. The highest BCUT2D eigenvalue weighted by Crippen LogP contribution is 2.33. The van der Waals surface area contributed by atoms with E-state index < -0.39 is 0 Å². The number of aryl methyl sites for hydroxylation is 1. The fourth-order valence-corrected chi connectivity index (χ4v) is 3.86. The van der Waals surface area contributed by atoms with E-state index in [9.17, 15) is 9.59 Å².